The molecule has 84 valence electrons. The first-order chi connectivity index (χ1) is 7.02. The van der Waals surface area contributed by atoms with Gasteiger partial charge in [0, 0.05) is 10.9 Å². The lowest BCUT2D eigenvalue weighted by atomic mass is 10.2. The van der Waals surface area contributed by atoms with Crippen LogP contribution < -0.4 is 0 Å². The van der Waals surface area contributed by atoms with Crippen molar-refractivity contribution in [3.63, 3.8) is 0 Å². The predicted octanol–water partition coefficient (Wildman–Crippen LogP) is 3.27. The van der Waals surface area contributed by atoms with Crippen LogP contribution in [-0.4, -0.2) is 21.7 Å². The summed E-state index contributed by atoms with van der Waals surface area (Å²) in [6.07, 6.45) is 0. The van der Waals surface area contributed by atoms with Gasteiger partial charge in [-0.3, -0.25) is 4.79 Å². The Labute approximate surface area is 103 Å². The number of hydrogen-bond donors (Lipinski definition) is 0. The molecule has 0 bridgehead atoms. The quantitative estimate of drug-likeness (QED) is 0.779. The van der Waals surface area contributed by atoms with Crippen molar-refractivity contribution < 1.29 is 4.79 Å². The molecule has 1 unspecified atom stereocenters. The maximum absolute atomic E-state index is 11.9. The lowest BCUT2D eigenvalue weighted by Gasteiger charge is -2.27. The molecule has 4 heteroatoms. The highest BCUT2D eigenvalue weighted by Crippen LogP contribution is 2.16. The molecule has 0 fully saturated rings. The molecule has 0 saturated heterocycles. The lowest BCUT2D eigenvalue weighted by molar-refractivity contribution is -0.132. The molecule has 1 rings (SSSR count). The van der Waals surface area contributed by atoms with Crippen LogP contribution in [0.25, 0.3) is 0 Å². The van der Waals surface area contributed by atoms with Crippen LogP contribution in [0.3, 0.4) is 0 Å². The van der Waals surface area contributed by atoms with Gasteiger partial charge in [0.25, 0.3) is 0 Å². The first kappa shape index (κ1) is 12.7. The van der Waals surface area contributed by atoms with Crippen LogP contribution in [0, 0.1) is 0 Å². The van der Waals surface area contributed by atoms with Crippen molar-refractivity contribution in [2.45, 2.75) is 38.2 Å². The molecule has 2 nitrogen and oxygen atoms in total. The van der Waals surface area contributed by atoms with Crippen LogP contribution in [0.2, 0.25) is 0 Å². The van der Waals surface area contributed by atoms with Gasteiger partial charge in [0.05, 0.1) is 11.4 Å². The van der Waals surface area contributed by atoms with Gasteiger partial charge < -0.3 is 4.90 Å². The first-order valence-corrected chi connectivity index (χ1v) is 6.79. The molecule has 1 amide bonds. The van der Waals surface area contributed by atoms with Gasteiger partial charge in [-0.2, -0.15) is 0 Å². The summed E-state index contributed by atoms with van der Waals surface area (Å²) in [5.41, 5.74) is 0. The third-order valence-corrected chi connectivity index (χ3v) is 3.41. The second-order valence-corrected chi connectivity index (χ2v) is 6.16. The van der Waals surface area contributed by atoms with Crippen LogP contribution in [-0.2, 0) is 11.3 Å². The highest BCUT2D eigenvalue weighted by Gasteiger charge is 2.21. The lowest BCUT2D eigenvalue weighted by Crippen LogP contribution is -2.39. The molecule has 0 aliphatic heterocycles. The second-order valence-electron chi connectivity index (χ2n) is 3.76. The fourth-order valence-corrected chi connectivity index (χ4v) is 2.28. The second kappa shape index (κ2) is 5.66. The van der Waals surface area contributed by atoms with Gasteiger partial charge in [-0.25, -0.2) is 0 Å². The predicted molar refractivity (Wildman–Crippen MR) is 68.4 cm³/mol. The van der Waals surface area contributed by atoms with E-state index in [4.69, 9.17) is 0 Å². The Hall–Kier alpha value is -0.350. The summed E-state index contributed by atoms with van der Waals surface area (Å²) in [6.45, 7) is 6.66. The summed E-state index contributed by atoms with van der Waals surface area (Å²) >= 11 is 5.01. The molecule has 15 heavy (non-hydrogen) atoms. The minimum atomic E-state index is -0.111. The van der Waals surface area contributed by atoms with Crippen LogP contribution in [0.4, 0.5) is 0 Å². The van der Waals surface area contributed by atoms with Gasteiger partial charge in [-0.1, -0.05) is 22.0 Å². The van der Waals surface area contributed by atoms with Crippen LogP contribution in [0.1, 0.15) is 25.6 Å². The van der Waals surface area contributed by atoms with Crippen molar-refractivity contribution >= 4 is 33.2 Å². The third-order valence-electron chi connectivity index (χ3n) is 2.15. The van der Waals surface area contributed by atoms with Crippen molar-refractivity contribution in [3.05, 3.63) is 22.4 Å². The largest absolute Gasteiger partial charge is 0.334 e. The molecule has 0 aliphatic carbocycles. The van der Waals surface area contributed by atoms with E-state index in [2.05, 4.69) is 22.0 Å². The van der Waals surface area contributed by atoms with E-state index in [1.165, 1.54) is 4.88 Å². The number of hydrogen-bond acceptors (Lipinski definition) is 2. The number of alkyl halides is 1. The number of rotatable bonds is 4. The molecule has 0 aromatic carbocycles. The van der Waals surface area contributed by atoms with Gasteiger partial charge >= 0.3 is 0 Å². The third kappa shape index (κ3) is 3.61. The molecule has 0 N–H and O–H groups in total. The minimum Gasteiger partial charge on any atom is -0.334 e. The molecule has 0 radical (unpaired) electrons. The molecular weight excluding hydrogens is 274 g/mol. The van der Waals surface area contributed by atoms with E-state index in [9.17, 15) is 4.79 Å². The van der Waals surface area contributed by atoms with Crippen molar-refractivity contribution in [1.82, 2.24) is 4.90 Å². The van der Waals surface area contributed by atoms with E-state index in [1.54, 1.807) is 11.3 Å². The van der Waals surface area contributed by atoms with Gasteiger partial charge in [0.1, 0.15) is 0 Å². The molecule has 0 aliphatic rings. The molecular formula is C11H16BrNOS. The van der Waals surface area contributed by atoms with E-state index in [-0.39, 0.29) is 16.8 Å². The Morgan fingerprint density at radius 2 is 2.20 bits per heavy atom. The molecule has 1 atom stereocenters. The summed E-state index contributed by atoms with van der Waals surface area (Å²) in [6, 6.07) is 4.31. The van der Waals surface area contributed by atoms with E-state index in [0.717, 1.165) is 0 Å². The molecule has 0 saturated carbocycles. The summed E-state index contributed by atoms with van der Waals surface area (Å²) in [7, 11) is 0. The fraction of sp³-hybridized carbons (Fsp3) is 0.545. The van der Waals surface area contributed by atoms with E-state index in [0.29, 0.717) is 6.54 Å². The van der Waals surface area contributed by atoms with E-state index < -0.39 is 0 Å². The van der Waals surface area contributed by atoms with Crippen LogP contribution in [0.5, 0.6) is 0 Å². The number of amides is 1. The number of halogens is 1. The minimum absolute atomic E-state index is 0.111. The summed E-state index contributed by atoms with van der Waals surface area (Å²) in [5.74, 6) is 0.151. The maximum Gasteiger partial charge on any atom is 0.236 e. The Morgan fingerprint density at radius 1 is 1.53 bits per heavy atom. The fourth-order valence-electron chi connectivity index (χ4n) is 1.31. The number of thiophene rings is 1. The normalized spacial score (nSPS) is 12.9. The van der Waals surface area contributed by atoms with E-state index >= 15 is 0 Å². The van der Waals surface area contributed by atoms with Gasteiger partial charge in [-0.05, 0) is 32.2 Å². The van der Waals surface area contributed by atoms with Crippen molar-refractivity contribution in [1.29, 1.82) is 0 Å². The zero-order chi connectivity index (χ0) is 11.4. The Morgan fingerprint density at radius 3 is 2.60 bits per heavy atom. The number of carbonyl (C=O) groups is 1. The van der Waals surface area contributed by atoms with Gasteiger partial charge in [-0.15, -0.1) is 11.3 Å². The Kier molecular flexibility index (Phi) is 4.80. The van der Waals surface area contributed by atoms with Crippen molar-refractivity contribution in [3.8, 4) is 0 Å². The average molecular weight is 290 g/mol. The highest BCUT2D eigenvalue weighted by molar-refractivity contribution is 9.10. The van der Waals surface area contributed by atoms with E-state index in [1.807, 2.05) is 37.1 Å². The first-order valence-electron chi connectivity index (χ1n) is 4.99. The smallest absolute Gasteiger partial charge is 0.236 e. The zero-order valence-electron chi connectivity index (χ0n) is 9.24. The molecule has 1 aromatic rings. The summed E-state index contributed by atoms with van der Waals surface area (Å²) in [5, 5.41) is 2.04. The summed E-state index contributed by atoms with van der Waals surface area (Å²) < 4.78 is 0. The number of carbonyl (C=O) groups excluding carboxylic acids is 1. The monoisotopic (exact) mass is 289 g/mol. The molecule has 1 heterocycles. The van der Waals surface area contributed by atoms with Crippen molar-refractivity contribution in [2.24, 2.45) is 0 Å². The topological polar surface area (TPSA) is 20.3 Å². The van der Waals surface area contributed by atoms with Crippen LogP contribution in [0.15, 0.2) is 17.5 Å². The molecule has 1 aromatic heterocycles. The number of nitrogens with zero attached hydrogens (tertiary/aromatic N) is 1. The van der Waals surface area contributed by atoms with Gasteiger partial charge in [0.15, 0.2) is 0 Å². The zero-order valence-corrected chi connectivity index (χ0v) is 11.6. The Bertz CT molecular complexity index is 308. The summed E-state index contributed by atoms with van der Waals surface area (Å²) in [4.78, 5) is 14.9. The maximum atomic E-state index is 11.9. The average Bonchev–Trinajstić information content (AvgIpc) is 2.64. The van der Waals surface area contributed by atoms with Gasteiger partial charge in [0.2, 0.25) is 5.91 Å². The Balaban J connectivity index is 2.71. The van der Waals surface area contributed by atoms with Crippen LogP contribution >= 0.6 is 27.3 Å². The standard InChI is InChI=1S/C11H16BrNOS/c1-8(2)13(11(14)9(3)12)7-10-5-4-6-15-10/h4-6,8-9H,7H2,1-3H3. The van der Waals surface area contributed by atoms with Crippen molar-refractivity contribution in [2.75, 3.05) is 0 Å². The SMILES string of the molecule is CC(Br)C(=O)N(Cc1cccs1)C(C)C. The highest BCUT2D eigenvalue weighted by atomic mass is 79.9. The molecule has 0 spiro atoms.